The van der Waals surface area contributed by atoms with Crippen molar-refractivity contribution in [1.29, 1.82) is 0 Å². The van der Waals surface area contributed by atoms with Crippen molar-refractivity contribution in [3.63, 3.8) is 0 Å². The molecule has 3 aromatic rings. The lowest BCUT2D eigenvalue weighted by Crippen LogP contribution is -2.13. The van der Waals surface area contributed by atoms with E-state index in [0.29, 0.717) is 11.3 Å². The number of hydrogen-bond donors (Lipinski definition) is 2. The molecule has 0 radical (unpaired) electrons. The summed E-state index contributed by atoms with van der Waals surface area (Å²) < 4.78 is 0. The van der Waals surface area contributed by atoms with Gasteiger partial charge in [0.2, 0.25) is 0 Å². The molecule has 0 aliphatic rings. The second-order valence-electron chi connectivity index (χ2n) is 5.00. The van der Waals surface area contributed by atoms with Gasteiger partial charge in [-0.25, -0.2) is 0 Å². The molecule has 3 rings (SSSR count). The molecule has 0 saturated carbocycles. The zero-order valence-corrected chi connectivity index (χ0v) is 11.8. The highest BCUT2D eigenvalue weighted by Crippen LogP contribution is 2.23. The van der Waals surface area contributed by atoms with E-state index in [1.54, 1.807) is 0 Å². The Labute approximate surface area is 123 Å². The van der Waals surface area contributed by atoms with Crippen LogP contribution < -0.4 is 11.1 Å². The topological polar surface area (TPSA) is 55.1 Å². The van der Waals surface area contributed by atoms with Gasteiger partial charge in [0.1, 0.15) is 0 Å². The van der Waals surface area contributed by atoms with Gasteiger partial charge in [-0.15, -0.1) is 0 Å². The summed E-state index contributed by atoms with van der Waals surface area (Å²) in [5.74, 6) is -0.125. The van der Waals surface area contributed by atoms with Crippen LogP contribution in [0.15, 0.2) is 60.7 Å². The van der Waals surface area contributed by atoms with Crippen LogP contribution in [0.25, 0.3) is 10.8 Å². The molecule has 0 spiro atoms. The largest absolute Gasteiger partial charge is 0.398 e. The molecule has 1 amide bonds. The fourth-order valence-corrected chi connectivity index (χ4v) is 2.40. The standard InChI is InChI=1S/C18H16N2O/c1-12-16(19)10-5-11-17(12)20-18(21)15-9-4-7-13-6-2-3-8-14(13)15/h2-11H,19H2,1H3,(H,20,21). The Morgan fingerprint density at radius 3 is 2.52 bits per heavy atom. The van der Waals surface area contributed by atoms with Gasteiger partial charge >= 0.3 is 0 Å². The van der Waals surface area contributed by atoms with Crippen LogP contribution in [0.5, 0.6) is 0 Å². The zero-order valence-electron chi connectivity index (χ0n) is 11.8. The van der Waals surface area contributed by atoms with Gasteiger partial charge in [0, 0.05) is 16.9 Å². The molecule has 3 heteroatoms. The number of rotatable bonds is 2. The van der Waals surface area contributed by atoms with E-state index in [0.717, 1.165) is 22.0 Å². The van der Waals surface area contributed by atoms with Crippen molar-refractivity contribution in [2.45, 2.75) is 6.92 Å². The molecule has 0 heterocycles. The van der Waals surface area contributed by atoms with Crippen molar-refractivity contribution >= 4 is 28.1 Å². The van der Waals surface area contributed by atoms with Crippen molar-refractivity contribution in [2.24, 2.45) is 0 Å². The van der Waals surface area contributed by atoms with Gasteiger partial charge in [-0.1, -0.05) is 42.5 Å². The second kappa shape index (κ2) is 5.29. The average Bonchev–Trinajstić information content (AvgIpc) is 2.51. The predicted octanol–water partition coefficient (Wildman–Crippen LogP) is 3.98. The maximum absolute atomic E-state index is 12.5. The summed E-state index contributed by atoms with van der Waals surface area (Å²) in [5, 5.41) is 4.93. The van der Waals surface area contributed by atoms with Gasteiger partial charge in [0.25, 0.3) is 5.91 Å². The molecule has 0 aromatic heterocycles. The molecule has 21 heavy (non-hydrogen) atoms. The Hall–Kier alpha value is -2.81. The Morgan fingerprint density at radius 2 is 1.67 bits per heavy atom. The lowest BCUT2D eigenvalue weighted by Gasteiger charge is -2.11. The highest BCUT2D eigenvalue weighted by Gasteiger charge is 2.11. The van der Waals surface area contributed by atoms with E-state index >= 15 is 0 Å². The molecule has 0 bridgehead atoms. The molecule has 0 aliphatic heterocycles. The first kappa shape index (κ1) is 13.2. The fraction of sp³-hybridized carbons (Fsp3) is 0.0556. The Kier molecular flexibility index (Phi) is 3.32. The molecule has 104 valence electrons. The number of nitrogens with one attached hydrogen (secondary N) is 1. The molecular formula is C18H16N2O. The average molecular weight is 276 g/mol. The van der Waals surface area contributed by atoms with Crippen LogP contribution in [-0.4, -0.2) is 5.91 Å². The highest BCUT2D eigenvalue weighted by molar-refractivity contribution is 6.13. The number of nitrogen functional groups attached to an aromatic ring is 1. The predicted molar refractivity (Wildman–Crippen MR) is 87.5 cm³/mol. The minimum atomic E-state index is -0.125. The summed E-state index contributed by atoms with van der Waals surface area (Å²) in [7, 11) is 0. The monoisotopic (exact) mass is 276 g/mol. The summed E-state index contributed by atoms with van der Waals surface area (Å²) in [6.07, 6.45) is 0. The third-order valence-electron chi connectivity index (χ3n) is 3.66. The zero-order chi connectivity index (χ0) is 14.8. The number of nitrogens with two attached hydrogens (primary N) is 1. The maximum atomic E-state index is 12.5. The molecule has 3 nitrogen and oxygen atoms in total. The Bertz CT molecular complexity index is 819. The number of benzene rings is 3. The fourth-order valence-electron chi connectivity index (χ4n) is 2.40. The van der Waals surface area contributed by atoms with E-state index in [1.165, 1.54) is 0 Å². The van der Waals surface area contributed by atoms with E-state index in [1.807, 2.05) is 67.6 Å². The first-order valence-corrected chi connectivity index (χ1v) is 6.81. The van der Waals surface area contributed by atoms with Gasteiger partial charge < -0.3 is 11.1 Å². The normalized spacial score (nSPS) is 10.5. The smallest absolute Gasteiger partial charge is 0.256 e. The summed E-state index contributed by atoms with van der Waals surface area (Å²) >= 11 is 0. The number of anilines is 2. The summed E-state index contributed by atoms with van der Waals surface area (Å²) in [4.78, 5) is 12.5. The Morgan fingerprint density at radius 1 is 0.952 bits per heavy atom. The van der Waals surface area contributed by atoms with Crippen molar-refractivity contribution in [3.8, 4) is 0 Å². The molecule has 0 fully saturated rings. The van der Waals surface area contributed by atoms with Crippen LogP contribution in [0.1, 0.15) is 15.9 Å². The Balaban J connectivity index is 2.00. The summed E-state index contributed by atoms with van der Waals surface area (Å²) in [6, 6.07) is 19.1. The van der Waals surface area contributed by atoms with Gasteiger partial charge in [0.05, 0.1) is 0 Å². The number of carbonyl (C=O) groups is 1. The van der Waals surface area contributed by atoms with Crippen LogP contribution in [-0.2, 0) is 0 Å². The van der Waals surface area contributed by atoms with Gasteiger partial charge in [-0.05, 0) is 41.5 Å². The van der Waals surface area contributed by atoms with Crippen LogP contribution in [0, 0.1) is 6.92 Å². The minimum Gasteiger partial charge on any atom is -0.398 e. The third kappa shape index (κ3) is 2.46. The molecule has 0 aliphatic carbocycles. The van der Waals surface area contributed by atoms with Gasteiger partial charge in [-0.3, -0.25) is 4.79 Å². The number of amides is 1. The van der Waals surface area contributed by atoms with Gasteiger partial charge in [0.15, 0.2) is 0 Å². The number of hydrogen-bond acceptors (Lipinski definition) is 2. The van der Waals surface area contributed by atoms with Crippen LogP contribution >= 0.6 is 0 Å². The van der Waals surface area contributed by atoms with Crippen molar-refractivity contribution in [3.05, 3.63) is 71.8 Å². The van der Waals surface area contributed by atoms with Crippen molar-refractivity contribution in [1.82, 2.24) is 0 Å². The number of fused-ring (bicyclic) bond motifs is 1. The van der Waals surface area contributed by atoms with E-state index in [9.17, 15) is 4.79 Å². The first-order valence-electron chi connectivity index (χ1n) is 6.81. The minimum absolute atomic E-state index is 0.125. The van der Waals surface area contributed by atoms with Crippen LogP contribution in [0.2, 0.25) is 0 Å². The van der Waals surface area contributed by atoms with E-state index in [4.69, 9.17) is 5.73 Å². The van der Waals surface area contributed by atoms with E-state index < -0.39 is 0 Å². The lowest BCUT2D eigenvalue weighted by atomic mass is 10.0. The quantitative estimate of drug-likeness (QED) is 0.695. The second-order valence-corrected chi connectivity index (χ2v) is 5.00. The van der Waals surface area contributed by atoms with E-state index in [2.05, 4.69) is 5.32 Å². The first-order chi connectivity index (χ1) is 10.2. The number of carbonyl (C=O) groups excluding carboxylic acids is 1. The molecule has 0 atom stereocenters. The maximum Gasteiger partial charge on any atom is 0.256 e. The molecule has 0 unspecified atom stereocenters. The molecule has 3 aromatic carbocycles. The van der Waals surface area contributed by atoms with Gasteiger partial charge in [-0.2, -0.15) is 0 Å². The van der Waals surface area contributed by atoms with E-state index in [-0.39, 0.29) is 5.91 Å². The molecule has 0 saturated heterocycles. The SMILES string of the molecule is Cc1c(N)cccc1NC(=O)c1cccc2ccccc12. The van der Waals surface area contributed by atoms with Crippen LogP contribution in [0.3, 0.4) is 0 Å². The summed E-state index contributed by atoms with van der Waals surface area (Å²) in [6.45, 7) is 1.90. The van der Waals surface area contributed by atoms with Crippen molar-refractivity contribution < 1.29 is 4.79 Å². The highest BCUT2D eigenvalue weighted by atomic mass is 16.1. The summed E-state index contributed by atoms with van der Waals surface area (Å²) in [5.41, 5.74) is 8.83. The lowest BCUT2D eigenvalue weighted by molar-refractivity contribution is 0.102. The van der Waals surface area contributed by atoms with Crippen molar-refractivity contribution in [2.75, 3.05) is 11.1 Å². The third-order valence-corrected chi connectivity index (χ3v) is 3.66. The van der Waals surface area contributed by atoms with Crippen LogP contribution in [0.4, 0.5) is 11.4 Å². The molecule has 3 N–H and O–H groups in total. The molecular weight excluding hydrogens is 260 g/mol.